The number of halogens is 3. The molecule has 0 spiro atoms. The molecule has 0 radical (unpaired) electrons. The number of rotatable bonds is 2. The van der Waals surface area contributed by atoms with Crippen LogP contribution in [0, 0.1) is 19.7 Å². The number of benzene rings is 1. The minimum atomic E-state index is -0.254. The van der Waals surface area contributed by atoms with Crippen LogP contribution in [0.5, 0.6) is 0 Å². The van der Waals surface area contributed by atoms with E-state index in [4.69, 9.17) is 11.6 Å². The van der Waals surface area contributed by atoms with Crippen LogP contribution >= 0.6 is 27.5 Å². The van der Waals surface area contributed by atoms with Crippen LogP contribution in [-0.2, 0) is 5.33 Å². The third-order valence-electron chi connectivity index (χ3n) is 2.62. The summed E-state index contributed by atoms with van der Waals surface area (Å²) in [7, 11) is 0. The second kappa shape index (κ2) is 4.78. The lowest BCUT2D eigenvalue weighted by Gasteiger charge is -2.09. The van der Waals surface area contributed by atoms with Crippen molar-refractivity contribution in [2.75, 3.05) is 0 Å². The van der Waals surface area contributed by atoms with Gasteiger partial charge in [-0.15, -0.1) is 0 Å². The Kier molecular flexibility index (Phi) is 3.54. The fourth-order valence-electron chi connectivity index (χ4n) is 1.73. The molecule has 0 aliphatic carbocycles. The first-order valence-electron chi connectivity index (χ1n) is 5.11. The van der Waals surface area contributed by atoms with Gasteiger partial charge in [0.1, 0.15) is 5.82 Å². The Balaban J connectivity index is 2.64. The van der Waals surface area contributed by atoms with Crippen molar-refractivity contribution in [3.63, 3.8) is 0 Å². The second-order valence-electron chi connectivity index (χ2n) is 3.80. The highest BCUT2D eigenvalue weighted by Gasteiger charge is 2.13. The van der Waals surface area contributed by atoms with E-state index in [1.807, 2.05) is 13.8 Å². The third-order valence-corrected chi connectivity index (χ3v) is 3.77. The molecule has 0 atom stereocenters. The van der Waals surface area contributed by atoms with Crippen LogP contribution in [0.4, 0.5) is 4.39 Å². The molecule has 2 nitrogen and oxygen atoms in total. The van der Waals surface area contributed by atoms with E-state index in [1.165, 1.54) is 12.1 Å². The summed E-state index contributed by atoms with van der Waals surface area (Å²) in [6.45, 7) is 3.74. The predicted molar refractivity (Wildman–Crippen MR) is 70.6 cm³/mol. The van der Waals surface area contributed by atoms with E-state index in [1.54, 1.807) is 10.7 Å². The number of aromatic nitrogens is 2. The first kappa shape index (κ1) is 12.6. The van der Waals surface area contributed by atoms with E-state index in [-0.39, 0.29) is 5.82 Å². The van der Waals surface area contributed by atoms with Crippen molar-refractivity contribution in [3.05, 3.63) is 46.0 Å². The Morgan fingerprint density at radius 2 is 2.12 bits per heavy atom. The molecule has 2 rings (SSSR count). The van der Waals surface area contributed by atoms with Gasteiger partial charge in [-0.1, -0.05) is 27.5 Å². The lowest BCUT2D eigenvalue weighted by atomic mass is 10.2. The van der Waals surface area contributed by atoms with Crippen LogP contribution in [-0.4, -0.2) is 9.78 Å². The van der Waals surface area contributed by atoms with E-state index in [9.17, 15) is 4.39 Å². The van der Waals surface area contributed by atoms with Crippen LogP contribution in [0.1, 0.15) is 17.0 Å². The minimum Gasteiger partial charge on any atom is -0.236 e. The van der Waals surface area contributed by atoms with Crippen LogP contribution < -0.4 is 0 Å². The van der Waals surface area contributed by atoms with Gasteiger partial charge in [0.15, 0.2) is 0 Å². The maximum Gasteiger partial charge on any atom is 0.123 e. The van der Waals surface area contributed by atoms with Crippen LogP contribution in [0.2, 0.25) is 5.02 Å². The predicted octanol–water partition coefficient (Wildman–Crippen LogP) is 4.18. The Morgan fingerprint density at radius 3 is 2.65 bits per heavy atom. The van der Waals surface area contributed by atoms with Gasteiger partial charge in [0.05, 0.1) is 22.1 Å². The van der Waals surface area contributed by atoms with Crippen LogP contribution in [0.15, 0.2) is 18.2 Å². The summed E-state index contributed by atoms with van der Waals surface area (Å²) in [4.78, 5) is 0. The second-order valence-corrected chi connectivity index (χ2v) is 4.74. The van der Waals surface area contributed by atoms with E-state index >= 15 is 0 Å². The average molecular weight is 318 g/mol. The normalized spacial score (nSPS) is 10.9. The molecule has 0 amide bonds. The Labute approximate surface area is 113 Å². The fraction of sp³-hybridized carbons (Fsp3) is 0.250. The largest absolute Gasteiger partial charge is 0.236 e. The fourth-order valence-corrected chi connectivity index (χ4v) is 2.29. The zero-order chi connectivity index (χ0) is 12.6. The molecule has 1 aromatic carbocycles. The molecule has 1 heterocycles. The number of hydrogen-bond donors (Lipinski definition) is 0. The lowest BCUT2D eigenvalue weighted by Crippen LogP contribution is -2.03. The smallest absolute Gasteiger partial charge is 0.123 e. The van der Waals surface area contributed by atoms with Crippen molar-refractivity contribution in [3.8, 4) is 5.69 Å². The minimum absolute atomic E-state index is 0.254. The number of aryl methyl sites for hydroxylation is 1. The summed E-state index contributed by atoms with van der Waals surface area (Å²) in [5.74, 6) is -0.254. The zero-order valence-electron chi connectivity index (χ0n) is 9.47. The van der Waals surface area contributed by atoms with E-state index in [2.05, 4.69) is 21.0 Å². The average Bonchev–Trinajstić information content (AvgIpc) is 2.57. The van der Waals surface area contributed by atoms with E-state index in [0.717, 1.165) is 22.6 Å². The highest BCUT2D eigenvalue weighted by Crippen LogP contribution is 2.25. The molecule has 0 aliphatic heterocycles. The molecule has 1 aromatic heterocycles. The molecule has 5 heteroatoms. The summed E-state index contributed by atoms with van der Waals surface area (Å²) >= 11 is 9.45. The van der Waals surface area contributed by atoms with E-state index in [0.29, 0.717) is 10.4 Å². The molecule has 90 valence electrons. The summed E-state index contributed by atoms with van der Waals surface area (Å²) < 4.78 is 14.9. The molecular weight excluding hydrogens is 307 g/mol. The van der Waals surface area contributed by atoms with Gasteiger partial charge in [-0.3, -0.25) is 0 Å². The van der Waals surface area contributed by atoms with Crippen molar-refractivity contribution in [2.45, 2.75) is 19.2 Å². The van der Waals surface area contributed by atoms with Crippen LogP contribution in [0.3, 0.4) is 0 Å². The molecule has 0 saturated carbocycles. The topological polar surface area (TPSA) is 17.8 Å². The van der Waals surface area contributed by atoms with Gasteiger partial charge in [0.2, 0.25) is 0 Å². The Bertz CT molecular complexity index is 566. The highest BCUT2D eigenvalue weighted by molar-refractivity contribution is 9.08. The zero-order valence-corrected chi connectivity index (χ0v) is 11.8. The molecule has 17 heavy (non-hydrogen) atoms. The quantitative estimate of drug-likeness (QED) is 0.760. The van der Waals surface area contributed by atoms with Gasteiger partial charge < -0.3 is 0 Å². The monoisotopic (exact) mass is 316 g/mol. The molecule has 2 aromatic rings. The van der Waals surface area contributed by atoms with Gasteiger partial charge in [0, 0.05) is 5.33 Å². The number of nitrogens with zero attached hydrogens (tertiary/aromatic N) is 2. The Morgan fingerprint density at radius 1 is 1.41 bits per heavy atom. The highest BCUT2D eigenvalue weighted by atomic mass is 79.9. The SMILES string of the molecule is Cc1nn(-c2ccc(F)cc2CBr)c(C)c1Cl. The standard InChI is InChI=1S/C12H11BrClFN2/c1-7-12(14)8(2)17(16-7)11-4-3-10(15)5-9(11)6-13/h3-5H,6H2,1-2H3. The van der Waals surface area contributed by atoms with Crippen molar-refractivity contribution >= 4 is 27.5 Å². The lowest BCUT2D eigenvalue weighted by molar-refractivity contribution is 0.625. The van der Waals surface area contributed by atoms with Crippen molar-refractivity contribution in [1.29, 1.82) is 0 Å². The van der Waals surface area contributed by atoms with Gasteiger partial charge in [-0.25, -0.2) is 9.07 Å². The summed E-state index contributed by atoms with van der Waals surface area (Å²) in [6.07, 6.45) is 0. The molecule has 0 aliphatic rings. The molecule has 0 saturated heterocycles. The maximum atomic E-state index is 13.2. The molecule has 0 bridgehead atoms. The molecule has 0 N–H and O–H groups in total. The van der Waals surface area contributed by atoms with Gasteiger partial charge in [-0.05, 0) is 37.6 Å². The Hall–Kier alpha value is -0.870. The van der Waals surface area contributed by atoms with E-state index < -0.39 is 0 Å². The van der Waals surface area contributed by atoms with Crippen molar-refractivity contribution < 1.29 is 4.39 Å². The van der Waals surface area contributed by atoms with Gasteiger partial charge >= 0.3 is 0 Å². The first-order chi connectivity index (χ1) is 8.04. The summed E-state index contributed by atoms with van der Waals surface area (Å²) in [5.41, 5.74) is 3.31. The number of alkyl halides is 1. The number of hydrogen-bond acceptors (Lipinski definition) is 1. The van der Waals surface area contributed by atoms with Gasteiger partial charge in [0.25, 0.3) is 0 Å². The van der Waals surface area contributed by atoms with Crippen molar-refractivity contribution in [2.24, 2.45) is 0 Å². The molecule has 0 fully saturated rings. The third kappa shape index (κ3) is 2.24. The summed E-state index contributed by atoms with van der Waals surface area (Å²) in [6, 6.07) is 4.63. The first-order valence-corrected chi connectivity index (χ1v) is 6.61. The van der Waals surface area contributed by atoms with Crippen LogP contribution in [0.25, 0.3) is 5.69 Å². The van der Waals surface area contributed by atoms with Gasteiger partial charge in [-0.2, -0.15) is 5.10 Å². The summed E-state index contributed by atoms with van der Waals surface area (Å²) in [5, 5.41) is 5.57. The maximum absolute atomic E-state index is 13.2. The molecular formula is C12H11BrClFN2. The van der Waals surface area contributed by atoms with Crippen molar-refractivity contribution in [1.82, 2.24) is 9.78 Å². The molecule has 0 unspecified atom stereocenters.